The summed E-state index contributed by atoms with van der Waals surface area (Å²) < 4.78 is 92.1. The molecule has 2 N–H and O–H groups in total. The van der Waals surface area contributed by atoms with Crippen molar-refractivity contribution in [2.75, 3.05) is 35.5 Å². The van der Waals surface area contributed by atoms with Crippen molar-refractivity contribution < 1.29 is 44.6 Å². The summed E-state index contributed by atoms with van der Waals surface area (Å²) in [5.41, 5.74) is 0. The first-order valence-electron chi connectivity index (χ1n) is 9.31. The van der Waals surface area contributed by atoms with Crippen molar-refractivity contribution in [3.05, 3.63) is 36.7 Å². The molecule has 12 nitrogen and oxygen atoms in total. The zero-order valence-corrected chi connectivity index (χ0v) is 18.9. The van der Waals surface area contributed by atoms with Crippen LogP contribution in [0.3, 0.4) is 0 Å². The molecule has 0 amide bonds. The smallest absolute Gasteiger partial charge is 0.480 e. The monoisotopic (exact) mass is 525 g/mol. The number of carboxylic acid groups (broad SMARTS) is 1. The minimum atomic E-state index is -4.95. The van der Waals surface area contributed by atoms with Crippen molar-refractivity contribution in [1.82, 2.24) is 14.3 Å². The van der Waals surface area contributed by atoms with E-state index in [4.69, 9.17) is 0 Å². The van der Waals surface area contributed by atoms with E-state index in [-0.39, 0.29) is 31.3 Å². The summed E-state index contributed by atoms with van der Waals surface area (Å²) in [5, 5.41) is 9.64. The number of piperazine rings is 1. The molecule has 0 aliphatic carbocycles. The van der Waals surface area contributed by atoms with Crippen LogP contribution < -0.4 is 14.4 Å². The van der Waals surface area contributed by atoms with Crippen LogP contribution in [0.15, 0.2) is 41.6 Å². The number of nitrogens with zero attached hydrogens (tertiary/aromatic N) is 4. The second-order valence-corrected chi connectivity index (χ2v) is 10.7. The number of carboxylic acids is 1. The Balaban J connectivity index is 1.79. The molecule has 1 saturated heterocycles. The molecule has 1 aromatic carbocycles. The molecule has 0 spiro atoms. The average molecular weight is 525 g/mol. The van der Waals surface area contributed by atoms with E-state index in [0.29, 0.717) is 0 Å². The maximum atomic E-state index is 13.0. The number of sulfonamides is 2. The number of rotatable bonds is 7. The normalized spacial score (nSPS) is 17.9. The highest BCUT2D eigenvalue weighted by Crippen LogP contribution is 2.27. The largest absolute Gasteiger partial charge is 0.573 e. The summed E-state index contributed by atoms with van der Waals surface area (Å²) in [4.78, 5) is 20.8. The van der Waals surface area contributed by atoms with Gasteiger partial charge in [-0.2, -0.15) is 4.31 Å². The van der Waals surface area contributed by atoms with E-state index < -0.39 is 49.1 Å². The predicted molar refractivity (Wildman–Crippen MR) is 111 cm³/mol. The number of ether oxygens (including phenoxy) is 1. The van der Waals surface area contributed by atoms with Crippen LogP contribution in [0.4, 0.5) is 24.8 Å². The van der Waals surface area contributed by atoms with Crippen molar-refractivity contribution in [2.45, 2.75) is 17.3 Å². The summed E-state index contributed by atoms with van der Waals surface area (Å²) in [6.45, 7) is -0.561. The molecule has 2 heterocycles. The van der Waals surface area contributed by atoms with E-state index in [1.165, 1.54) is 11.1 Å². The number of hydrogen-bond donors (Lipinski definition) is 2. The Morgan fingerprint density at radius 3 is 2.26 bits per heavy atom. The Morgan fingerprint density at radius 1 is 1.12 bits per heavy atom. The molecule has 17 heteroatoms. The van der Waals surface area contributed by atoms with E-state index >= 15 is 0 Å². The molecule has 1 aliphatic heterocycles. The van der Waals surface area contributed by atoms with Gasteiger partial charge in [-0.25, -0.2) is 26.8 Å². The highest BCUT2D eigenvalue weighted by Gasteiger charge is 2.41. The molecule has 3 rings (SSSR count). The molecule has 1 fully saturated rings. The Labute approximate surface area is 192 Å². The Morgan fingerprint density at radius 2 is 1.76 bits per heavy atom. The van der Waals surface area contributed by atoms with Crippen molar-refractivity contribution >= 4 is 37.7 Å². The predicted octanol–water partition coefficient (Wildman–Crippen LogP) is 0.711. The van der Waals surface area contributed by atoms with Crippen LogP contribution in [0, 0.1) is 0 Å². The fraction of sp³-hybridized carbons (Fsp3) is 0.353. The Kier molecular flexibility index (Phi) is 6.90. The first-order valence-corrected chi connectivity index (χ1v) is 12.6. The van der Waals surface area contributed by atoms with E-state index in [1.807, 2.05) is 0 Å². The topological polar surface area (TPSA) is 159 Å². The quantitative estimate of drug-likeness (QED) is 0.527. The molecular weight excluding hydrogens is 507 g/mol. The highest BCUT2D eigenvalue weighted by atomic mass is 32.2. The molecule has 1 aliphatic rings. The van der Waals surface area contributed by atoms with Crippen molar-refractivity contribution in [3.63, 3.8) is 0 Å². The van der Waals surface area contributed by atoms with E-state index in [1.54, 1.807) is 0 Å². The standard InChI is InChI=1S/C17H18F3N5O7S2/c1-33(28,29)23-14-8-22-15(9-21-14)24-6-7-25(13(10-24)16(26)27)34(30,31)12-4-2-11(3-5-12)32-17(18,19)20/h2-5,8-9,13H,6-7,10H2,1H3,(H,21,23)(H,26,27)/t13-/m1/s1. The van der Waals surface area contributed by atoms with Crippen LogP contribution in [0.5, 0.6) is 5.75 Å². The minimum Gasteiger partial charge on any atom is -0.480 e. The lowest BCUT2D eigenvalue weighted by Crippen LogP contribution is -2.58. The van der Waals surface area contributed by atoms with Crippen LogP contribution in [0.1, 0.15) is 0 Å². The van der Waals surface area contributed by atoms with Crippen LogP contribution in [-0.4, -0.2) is 80.5 Å². The minimum absolute atomic E-state index is 0.0197. The van der Waals surface area contributed by atoms with Crippen LogP contribution in [0.2, 0.25) is 0 Å². The van der Waals surface area contributed by atoms with Crippen molar-refractivity contribution in [3.8, 4) is 5.75 Å². The van der Waals surface area contributed by atoms with Gasteiger partial charge >= 0.3 is 12.3 Å². The summed E-state index contributed by atoms with van der Waals surface area (Å²) in [5.74, 6) is -1.94. The van der Waals surface area contributed by atoms with E-state index in [0.717, 1.165) is 41.0 Å². The van der Waals surface area contributed by atoms with Gasteiger partial charge in [0.2, 0.25) is 20.0 Å². The molecule has 0 bridgehead atoms. The molecule has 186 valence electrons. The van der Waals surface area contributed by atoms with Gasteiger partial charge in [0.25, 0.3) is 0 Å². The molecule has 1 atom stereocenters. The number of anilines is 2. The number of aliphatic carboxylic acids is 1. The molecule has 1 aromatic heterocycles. The second-order valence-electron chi connectivity index (χ2n) is 7.07. The molecule has 2 aromatic rings. The van der Waals surface area contributed by atoms with E-state index in [2.05, 4.69) is 19.4 Å². The van der Waals surface area contributed by atoms with Gasteiger partial charge in [0.1, 0.15) is 17.6 Å². The molecule has 34 heavy (non-hydrogen) atoms. The number of hydrogen-bond acceptors (Lipinski definition) is 9. The third kappa shape index (κ3) is 6.23. The summed E-state index contributed by atoms with van der Waals surface area (Å²) >= 11 is 0. The SMILES string of the molecule is CS(=O)(=O)Nc1cnc(N2CCN(S(=O)(=O)c3ccc(OC(F)(F)F)cc3)[C@@H](C(=O)O)C2)cn1. The van der Waals surface area contributed by atoms with Gasteiger partial charge in [0.05, 0.1) is 23.5 Å². The van der Waals surface area contributed by atoms with Gasteiger partial charge in [0, 0.05) is 19.6 Å². The number of aromatic nitrogens is 2. The zero-order valence-electron chi connectivity index (χ0n) is 17.3. The van der Waals surface area contributed by atoms with Crippen molar-refractivity contribution in [2.24, 2.45) is 0 Å². The second kappa shape index (κ2) is 9.22. The zero-order chi connectivity index (χ0) is 25.3. The third-order valence-corrected chi connectivity index (χ3v) is 7.03. The van der Waals surface area contributed by atoms with Gasteiger partial charge < -0.3 is 14.7 Å². The van der Waals surface area contributed by atoms with Crippen LogP contribution in [0.25, 0.3) is 0 Å². The summed E-state index contributed by atoms with van der Waals surface area (Å²) in [7, 11) is -7.95. The van der Waals surface area contributed by atoms with Crippen LogP contribution >= 0.6 is 0 Å². The van der Waals surface area contributed by atoms with E-state index in [9.17, 15) is 39.9 Å². The number of nitrogens with one attached hydrogen (secondary N) is 1. The lowest BCUT2D eigenvalue weighted by molar-refractivity contribution is -0.274. The summed E-state index contributed by atoms with van der Waals surface area (Å²) in [6, 6.07) is 1.87. The first-order chi connectivity index (χ1) is 15.7. The Bertz CT molecular complexity index is 1250. The van der Waals surface area contributed by atoms with Gasteiger partial charge in [-0.05, 0) is 24.3 Å². The number of carbonyl (C=O) groups is 1. The van der Waals surface area contributed by atoms with Gasteiger partial charge in [-0.1, -0.05) is 0 Å². The van der Waals surface area contributed by atoms with Crippen molar-refractivity contribution in [1.29, 1.82) is 0 Å². The lowest BCUT2D eigenvalue weighted by Gasteiger charge is -2.38. The van der Waals surface area contributed by atoms with Crippen LogP contribution in [-0.2, 0) is 24.8 Å². The van der Waals surface area contributed by atoms with Gasteiger partial charge in [-0.15, -0.1) is 13.2 Å². The van der Waals surface area contributed by atoms with Gasteiger partial charge in [0.15, 0.2) is 5.82 Å². The number of halogens is 3. The molecule has 0 unspecified atom stereocenters. The number of alkyl halides is 3. The fourth-order valence-electron chi connectivity index (χ4n) is 3.14. The maximum Gasteiger partial charge on any atom is 0.573 e. The molecule has 0 saturated carbocycles. The fourth-order valence-corrected chi connectivity index (χ4v) is 5.19. The molecular formula is C17H18F3N5O7S2. The van der Waals surface area contributed by atoms with Gasteiger partial charge in [-0.3, -0.25) is 9.52 Å². The maximum absolute atomic E-state index is 13.0. The highest BCUT2D eigenvalue weighted by molar-refractivity contribution is 7.92. The summed E-state index contributed by atoms with van der Waals surface area (Å²) in [6.07, 6.45) is -1.69. The Hall–Kier alpha value is -3.18. The third-order valence-electron chi connectivity index (χ3n) is 4.53. The number of benzene rings is 1. The molecule has 0 radical (unpaired) electrons. The lowest BCUT2D eigenvalue weighted by atomic mass is 10.2. The first kappa shape index (κ1) is 25.4. The average Bonchev–Trinajstić information content (AvgIpc) is 2.72.